The minimum Gasteiger partial charge on any atom is -0.299 e. The first-order valence-corrected chi connectivity index (χ1v) is 5.76. The molecule has 1 unspecified atom stereocenters. The Labute approximate surface area is 97.8 Å². The van der Waals surface area contributed by atoms with Crippen molar-refractivity contribution in [1.29, 1.82) is 0 Å². The van der Waals surface area contributed by atoms with Crippen molar-refractivity contribution in [2.24, 2.45) is 0 Å². The fourth-order valence-corrected chi connectivity index (χ4v) is 2.25. The number of carbonyl (C=O) groups excluding carboxylic acids is 1. The summed E-state index contributed by atoms with van der Waals surface area (Å²) in [4.78, 5) is 11.9. The van der Waals surface area contributed by atoms with Crippen LogP contribution in [0.15, 0.2) is 23.1 Å². The second-order valence-corrected chi connectivity index (χ2v) is 5.17. The van der Waals surface area contributed by atoms with Crippen LogP contribution in [0.2, 0.25) is 10.0 Å². The Morgan fingerprint density at radius 1 is 1.43 bits per heavy atom. The summed E-state index contributed by atoms with van der Waals surface area (Å²) in [5.41, 5.74) is 0. The smallest absolute Gasteiger partial charge is 0.142 e. The standard InChI is InChI=1S/C10H10Cl2OS/c1-6(13)7(2)14-10-5-8(11)3-4-9(10)12/h3-5,7H,1-2H3. The Kier molecular flexibility index (Phi) is 4.30. The third kappa shape index (κ3) is 3.19. The van der Waals surface area contributed by atoms with E-state index in [0.29, 0.717) is 10.0 Å². The zero-order valence-corrected chi connectivity index (χ0v) is 10.2. The Morgan fingerprint density at radius 3 is 2.64 bits per heavy atom. The van der Waals surface area contributed by atoms with Gasteiger partial charge in [-0.15, -0.1) is 11.8 Å². The number of benzene rings is 1. The highest BCUT2D eigenvalue weighted by atomic mass is 35.5. The number of thioether (sulfide) groups is 1. The third-order valence-corrected chi connectivity index (χ3v) is 3.72. The van der Waals surface area contributed by atoms with Crippen LogP contribution in [0.25, 0.3) is 0 Å². The van der Waals surface area contributed by atoms with Gasteiger partial charge in [0.05, 0.1) is 10.3 Å². The molecule has 76 valence electrons. The van der Waals surface area contributed by atoms with Crippen LogP contribution in [-0.2, 0) is 4.79 Å². The molecule has 0 radical (unpaired) electrons. The van der Waals surface area contributed by atoms with E-state index in [1.807, 2.05) is 6.92 Å². The molecular formula is C10H10Cl2OS. The molecule has 1 nitrogen and oxygen atoms in total. The molecule has 1 rings (SSSR count). The van der Waals surface area contributed by atoms with Gasteiger partial charge in [0.1, 0.15) is 5.78 Å². The fraction of sp³-hybridized carbons (Fsp3) is 0.300. The van der Waals surface area contributed by atoms with Crippen molar-refractivity contribution in [2.45, 2.75) is 24.0 Å². The van der Waals surface area contributed by atoms with Crippen molar-refractivity contribution in [3.05, 3.63) is 28.2 Å². The maximum Gasteiger partial charge on any atom is 0.142 e. The van der Waals surface area contributed by atoms with E-state index in [4.69, 9.17) is 23.2 Å². The molecule has 1 aromatic rings. The summed E-state index contributed by atoms with van der Waals surface area (Å²) in [6.07, 6.45) is 0. The lowest BCUT2D eigenvalue weighted by atomic mass is 10.3. The van der Waals surface area contributed by atoms with Gasteiger partial charge < -0.3 is 0 Å². The van der Waals surface area contributed by atoms with E-state index in [1.54, 1.807) is 25.1 Å². The summed E-state index contributed by atoms with van der Waals surface area (Å²) in [7, 11) is 0. The number of Topliss-reactive ketones (excluding diaryl/α,β-unsaturated/α-hetero) is 1. The van der Waals surface area contributed by atoms with Gasteiger partial charge in [-0.05, 0) is 32.0 Å². The van der Waals surface area contributed by atoms with Crippen molar-refractivity contribution in [1.82, 2.24) is 0 Å². The highest BCUT2D eigenvalue weighted by Gasteiger charge is 2.11. The van der Waals surface area contributed by atoms with Crippen LogP contribution >= 0.6 is 35.0 Å². The van der Waals surface area contributed by atoms with Crippen LogP contribution < -0.4 is 0 Å². The highest BCUT2D eigenvalue weighted by Crippen LogP contribution is 2.32. The normalized spacial score (nSPS) is 12.6. The van der Waals surface area contributed by atoms with Gasteiger partial charge in [0.15, 0.2) is 0 Å². The molecule has 0 bridgehead atoms. The van der Waals surface area contributed by atoms with Gasteiger partial charge in [-0.25, -0.2) is 0 Å². The molecule has 0 saturated heterocycles. The molecule has 0 aliphatic heterocycles. The molecule has 1 aromatic carbocycles. The summed E-state index contributed by atoms with van der Waals surface area (Å²) in [5.74, 6) is 0.131. The SMILES string of the molecule is CC(=O)C(C)Sc1cc(Cl)ccc1Cl. The molecule has 0 fully saturated rings. The van der Waals surface area contributed by atoms with Gasteiger partial charge in [0.2, 0.25) is 0 Å². The number of halogens is 2. The van der Waals surface area contributed by atoms with E-state index in [1.165, 1.54) is 11.8 Å². The molecule has 0 aliphatic rings. The molecule has 14 heavy (non-hydrogen) atoms. The average Bonchev–Trinajstić information content (AvgIpc) is 2.11. The zero-order valence-electron chi connectivity index (χ0n) is 7.88. The summed E-state index contributed by atoms with van der Waals surface area (Å²) in [5, 5.41) is 1.17. The Hall–Kier alpha value is -0.180. The lowest BCUT2D eigenvalue weighted by Gasteiger charge is -2.08. The summed E-state index contributed by atoms with van der Waals surface area (Å²) >= 11 is 13.2. The second kappa shape index (κ2) is 5.06. The van der Waals surface area contributed by atoms with E-state index in [2.05, 4.69) is 0 Å². The summed E-state index contributed by atoms with van der Waals surface area (Å²) < 4.78 is 0. The first-order chi connectivity index (χ1) is 6.50. The minimum atomic E-state index is -0.0917. The Bertz CT molecular complexity index is 352. The first kappa shape index (κ1) is 11.9. The lowest BCUT2D eigenvalue weighted by Crippen LogP contribution is -2.07. The van der Waals surface area contributed by atoms with Crippen molar-refractivity contribution in [2.75, 3.05) is 0 Å². The monoisotopic (exact) mass is 248 g/mol. The van der Waals surface area contributed by atoms with Crippen molar-refractivity contribution < 1.29 is 4.79 Å². The lowest BCUT2D eigenvalue weighted by molar-refractivity contribution is -0.116. The van der Waals surface area contributed by atoms with Gasteiger partial charge >= 0.3 is 0 Å². The molecule has 0 aromatic heterocycles. The third-order valence-electron chi connectivity index (χ3n) is 1.77. The Morgan fingerprint density at radius 2 is 2.07 bits per heavy atom. The van der Waals surface area contributed by atoms with Crippen LogP contribution in [0.3, 0.4) is 0 Å². The number of hydrogen-bond donors (Lipinski definition) is 0. The highest BCUT2D eigenvalue weighted by molar-refractivity contribution is 8.00. The molecule has 0 amide bonds. The second-order valence-electron chi connectivity index (χ2n) is 2.95. The van der Waals surface area contributed by atoms with Crippen molar-refractivity contribution >= 4 is 40.7 Å². The number of ketones is 1. The fourth-order valence-electron chi connectivity index (χ4n) is 0.841. The molecule has 4 heteroatoms. The van der Waals surface area contributed by atoms with Gasteiger partial charge in [-0.2, -0.15) is 0 Å². The van der Waals surface area contributed by atoms with E-state index in [9.17, 15) is 4.79 Å². The topological polar surface area (TPSA) is 17.1 Å². The molecule has 0 aliphatic carbocycles. The van der Waals surface area contributed by atoms with Gasteiger partial charge in [0.25, 0.3) is 0 Å². The van der Waals surface area contributed by atoms with Gasteiger partial charge in [-0.1, -0.05) is 23.2 Å². The van der Waals surface area contributed by atoms with Crippen LogP contribution in [-0.4, -0.2) is 11.0 Å². The molecule has 0 spiro atoms. The van der Waals surface area contributed by atoms with Crippen LogP contribution in [0.1, 0.15) is 13.8 Å². The maximum absolute atomic E-state index is 11.0. The molecule has 0 saturated carbocycles. The van der Waals surface area contributed by atoms with Crippen LogP contribution in [0, 0.1) is 0 Å². The Balaban J connectivity index is 2.85. The van der Waals surface area contributed by atoms with Crippen molar-refractivity contribution in [3.8, 4) is 0 Å². The van der Waals surface area contributed by atoms with Crippen LogP contribution in [0.4, 0.5) is 0 Å². The van der Waals surface area contributed by atoms with E-state index < -0.39 is 0 Å². The summed E-state index contributed by atoms with van der Waals surface area (Å²) in [6.45, 7) is 3.42. The average molecular weight is 249 g/mol. The zero-order chi connectivity index (χ0) is 10.7. The van der Waals surface area contributed by atoms with Gasteiger partial charge in [0, 0.05) is 9.92 Å². The summed E-state index contributed by atoms with van der Waals surface area (Å²) in [6, 6.07) is 5.24. The van der Waals surface area contributed by atoms with Gasteiger partial charge in [-0.3, -0.25) is 4.79 Å². The molecule has 0 heterocycles. The van der Waals surface area contributed by atoms with E-state index in [0.717, 1.165) is 4.90 Å². The number of rotatable bonds is 3. The molecule has 1 atom stereocenters. The largest absolute Gasteiger partial charge is 0.299 e. The maximum atomic E-state index is 11.0. The quantitative estimate of drug-likeness (QED) is 0.751. The molecular weight excluding hydrogens is 239 g/mol. The van der Waals surface area contributed by atoms with E-state index in [-0.39, 0.29) is 11.0 Å². The first-order valence-electron chi connectivity index (χ1n) is 4.13. The number of hydrogen-bond acceptors (Lipinski definition) is 2. The predicted molar refractivity (Wildman–Crippen MR) is 62.5 cm³/mol. The number of carbonyl (C=O) groups is 1. The minimum absolute atomic E-state index is 0.0917. The van der Waals surface area contributed by atoms with Crippen LogP contribution in [0.5, 0.6) is 0 Å². The van der Waals surface area contributed by atoms with E-state index >= 15 is 0 Å². The van der Waals surface area contributed by atoms with Crippen molar-refractivity contribution in [3.63, 3.8) is 0 Å². The molecule has 0 N–H and O–H groups in total. The predicted octanol–water partition coefficient (Wildman–Crippen LogP) is 4.06.